The summed E-state index contributed by atoms with van der Waals surface area (Å²) in [6.45, 7) is 4.30. The van der Waals surface area contributed by atoms with E-state index < -0.39 is 29.3 Å². The van der Waals surface area contributed by atoms with Crippen LogP contribution in [0.1, 0.15) is 43.9 Å². The first-order valence-electron chi connectivity index (χ1n) is 10.4. The molecule has 1 fully saturated rings. The number of rotatable bonds is 8. The number of benzene rings is 2. The molecule has 7 nitrogen and oxygen atoms in total. The predicted molar refractivity (Wildman–Crippen MR) is 116 cm³/mol. The van der Waals surface area contributed by atoms with E-state index in [1.807, 2.05) is 6.92 Å². The molecule has 0 spiro atoms. The number of unbranched alkanes of at least 4 members (excludes halogenated alkanes) is 1. The SMILES string of the molecule is CCCCN1C(=O)C(=O)/C(=C(/O)c2cc(F)ccc2OC)C1c1ccc(O)c(OCC)c1. The minimum Gasteiger partial charge on any atom is -0.507 e. The molecule has 2 aromatic rings. The highest BCUT2D eigenvalue weighted by Crippen LogP contribution is 2.43. The molecule has 1 unspecified atom stereocenters. The molecule has 1 amide bonds. The van der Waals surface area contributed by atoms with E-state index in [2.05, 4.69) is 0 Å². The molecule has 170 valence electrons. The number of aliphatic hydroxyl groups excluding tert-OH is 1. The second kappa shape index (κ2) is 9.72. The summed E-state index contributed by atoms with van der Waals surface area (Å²) < 4.78 is 24.6. The third-order valence-corrected chi connectivity index (χ3v) is 5.31. The van der Waals surface area contributed by atoms with Gasteiger partial charge in [-0.15, -0.1) is 0 Å². The topological polar surface area (TPSA) is 96.3 Å². The number of aliphatic hydroxyl groups is 1. The van der Waals surface area contributed by atoms with Crippen molar-refractivity contribution in [2.75, 3.05) is 20.3 Å². The van der Waals surface area contributed by atoms with E-state index in [9.17, 15) is 24.2 Å². The highest BCUT2D eigenvalue weighted by molar-refractivity contribution is 6.46. The lowest BCUT2D eigenvalue weighted by molar-refractivity contribution is -0.139. The molecule has 32 heavy (non-hydrogen) atoms. The second-order valence-electron chi connectivity index (χ2n) is 7.35. The Labute approximate surface area is 185 Å². The molecule has 1 aliphatic heterocycles. The van der Waals surface area contributed by atoms with Crippen LogP contribution in [0.4, 0.5) is 4.39 Å². The number of phenols is 1. The first-order valence-corrected chi connectivity index (χ1v) is 10.4. The maximum absolute atomic E-state index is 14.0. The lowest BCUT2D eigenvalue weighted by Crippen LogP contribution is -2.30. The van der Waals surface area contributed by atoms with Crippen LogP contribution in [0.2, 0.25) is 0 Å². The van der Waals surface area contributed by atoms with Crippen LogP contribution in [0, 0.1) is 5.82 Å². The van der Waals surface area contributed by atoms with Gasteiger partial charge in [0.2, 0.25) is 0 Å². The number of aromatic hydroxyl groups is 1. The average molecular weight is 443 g/mol. The van der Waals surface area contributed by atoms with Crippen LogP contribution in [0.3, 0.4) is 0 Å². The lowest BCUT2D eigenvalue weighted by Gasteiger charge is -2.26. The molecule has 0 saturated carbocycles. The molecule has 0 aromatic heterocycles. The molecule has 2 N–H and O–H groups in total. The van der Waals surface area contributed by atoms with Crippen molar-refractivity contribution in [3.63, 3.8) is 0 Å². The average Bonchev–Trinajstić information content (AvgIpc) is 3.03. The maximum Gasteiger partial charge on any atom is 0.295 e. The monoisotopic (exact) mass is 443 g/mol. The normalized spacial score (nSPS) is 17.6. The van der Waals surface area contributed by atoms with E-state index >= 15 is 0 Å². The Bertz CT molecular complexity index is 1060. The summed E-state index contributed by atoms with van der Waals surface area (Å²) in [5.74, 6) is -2.54. The highest BCUT2D eigenvalue weighted by Gasteiger charge is 2.46. The highest BCUT2D eigenvalue weighted by atomic mass is 19.1. The molecule has 0 bridgehead atoms. The van der Waals surface area contributed by atoms with Crippen molar-refractivity contribution in [2.24, 2.45) is 0 Å². The van der Waals surface area contributed by atoms with Crippen LogP contribution in [-0.4, -0.2) is 47.1 Å². The van der Waals surface area contributed by atoms with Gasteiger partial charge in [0, 0.05) is 6.54 Å². The Morgan fingerprint density at radius 1 is 1.12 bits per heavy atom. The van der Waals surface area contributed by atoms with Gasteiger partial charge in [-0.25, -0.2) is 4.39 Å². The number of amides is 1. The molecule has 2 aromatic carbocycles. The molecule has 1 aliphatic rings. The standard InChI is InChI=1S/C24H26FNO6/c1-4-6-11-26-21(14-7-9-17(27)19(12-14)32-5-2)20(23(29)24(26)30)22(28)16-13-15(25)8-10-18(16)31-3/h7-10,12-13,21,27-28H,4-6,11H2,1-3H3/b22-20+. The summed E-state index contributed by atoms with van der Waals surface area (Å²) in [6.07, 6.45) is 1.43. The lowest BCUT2D eigenvalue weighted by atomic mass is 9.94. The van der Waals surface area contributed by atoms with Gasteiger partial charge in [0.15, 0.2) is 11.5 Å². The molecular formula is C24H26FNO6. The van der Waals surface area contributed by atoms with Crippen molar-refractivity contribution in [2.45, 2.75) is 32.7 Å². The molecule has 1 atom stereocenters. The van der Waals surface area contributed by atoms with Crippen LogP contribution in [0.25, 0.3) is 5.76 Å². The minimum atomic E-state index is -0.936. The molecule has 0 radical (unpaired) electrons. The van der Waals surface area contributed by atoms with Gasteiger partial charge in [0.05, 0.1) is 30.9 Å². The third-order valence-electron chi connectivity index (χ3n) is 5.31. The number of carbonyl (C=O) groups is 2. The number of hydrogen-bond donors (Lipinski definition) is 2. The van der Waals surface area contributed by atoms with Crippen LogP contribution in [-0.2, 0) is 9.59 Å². The van der Waals surface area contributed by atoms with Crippen molar-refractivity contribution >= 4 is 17.4 Å². The summed E-state index contributed by atoms with van der Waals surface area (Å²) >= 11 is 0. The molecule has 1 heterocycles. The van der Waals surface area contributed by atoms with E-state index in [1.165, 1.54) is 36.3 Å². The predicted octanol–water partition coefficient (Wildman–Crippen LogP) is 4.16. The van der Waals surface area contributed by atoms with Crippen LogP contribution >= 0.6 is 0 Å². The molecule has 3 rings (SSSR count). The zero-order chi connectivity index (χ0) is 23.4. The Hall–Kier alpha value is -3.55. The molecule has 8 heteroatoms. The van der Waals surface area contributed by atoms with Gasteiger partial charge in [-0.3, -0.25) is 9.59 Å². The number of carbonyl (C=O) groups excluding carboxylic acids is 2. The first kappa shape index (κ1) is 23.1. The number of hydrogen-bond acceptors (Lipinski definition) is 6. The van der Waals surface area contributed by atoms with Gasteiger partial charge in [0.1, 0.15) is 17.3 Å². The van der Waals surface area contributed by atoms with E-state index in [-0.39, 0.29) is 34.9 Å². The smallest absolute Gasteiger partial charge is 0.295 e. The van der Waals surface area contributed by atoms with Crippen molar-refractivity contribution in [3.05, 3.63) is 58.9 Å². The summed E-state index contributed by atoms with van der Waals surface area (Å²) in [4.78, 5) is 27.3. The van der Waals surface area contributed by atoms with Gasteiger partial charge in [0.25, 0.3) is 11.7 Å². The van der Waals surface area contributed by atoms with Gasteiger partial charge < -0.3 is 24.6 Å². The maximum atomic E-state index is 14.0. The van der Waals surface area contributed by atoms with Gasteiger partial charge in [-0.05, 0) is 49.2 Å². The van der Waals surface area contributed by atoms with E-state index in [0.717, 1.165) is 12.5 Å². The van der Waals surface area contributed by atoms with E-state index in [1.54, 1.807) is 13.0 Å². The number of ketones is 1. The van der Waals surface area contributed by atoms with E-state index in [0.29, 0.717) is 18.6 Å². The van der Waals surface area contributed by atoms with Crippen molar-refractivity contribution < 1.29 is 33.7 Å². The van der Waals surface area contributed by atoms with Crippen molar-refractivity contribution in [3.8, 4) is 17.2 Å². The number of Topliss-reactive ketones (excluding diaryl/α,β-unsaturated/α-hetero) is 1. The van der Waals surface area contributed by atoms with Crippen LogP contribution in [0.15, 0.2) is 42.0 Å². The zero-order valence-corrected chi connectivity index (χ0v) is 18.2. The summed E-state index contributed by atoms with van der Waals surface area (Å²) in [7, 11) is 1.36. The van der Waals surface area contributed by atoms with Gasteiger partial charge in [-0.1, -0.05) is 19.4 Å². The van der Waals surface area contributed by atoms with Crippen LogP contribution < -0.4 is 9.47 Å². The number of likely N-dealkylation sites (tertiary alicyclic amines) is 1. The summed E-state index contributed by atoms with van der Waals surface area (Å²) in [6, 6.07) is 7.11. The van der Waals surface area contributed by atoms with Gasteiger partial charge in [-0.2, -0.15) is 0 Å². The number of phenolic OH excluding ortho intramolecular Hbond substituents is 1. The number of methoxy groups -OCH3 is 1. The van der Waals surface area contributed by atoms with Crippen molar-refractivity contribution in [1.29, 1.82) is 0 Å². The Kier molecular flexibility index (Phi) is 7.02. The number of nitrogens with zero attached hydrogens (tertiary/aromatic N) is 1. The summed E-state index contributed by atoms with van der Waals surface area (Å²) in [5, 5.41) is 21.2. The fourth-order valence-electron chi connectivity index (χ4n) is 3.77. The Morgan fingerprint density at radius 3 is 2.53 bits per heavy atom. The zero-order valence-electron chi connectivity index (χ0n) is 18.2. The Balaban J connectivity index is 2.24. The number of halogens is 1. The second-order valence-corrected chi connectivity index (χ2v) is 7.35. The third kappa shape index (κ3) is 4.26. The minimum absolute atomic E-state index is 0.0326. The largest absolute Gasteiger partial charge is 0.507 e. The fourth-order valence-corrected chi connectivity index (χ4v) is 3.77. The molecule has 0 aliphatic carbocycles. The van der Waals surface area contributed by atoms with Crippen molar-refractivity contribution in [1.82, 2.24) is 4.90 Å². The summed E-state index contributed by atoms with van der Waals surface area (Å²) in [5.41, 5.74) is 0.261. The first-order chi connectivity index (χ1) is 15.3. The molecule has 1 saturated heterocycles. The van der Waals surface area contributed by atoms with Gasteiger partial charge >= 0.3 is 0 Å². The van der Waals surface area contributed by atoms with E-state index in [4.69, 9.17) is 9.47 Å². The fraction of sp³-hybridized carbons (Fsp3) is 0.333. The Morgan fingerprint density at radius 2 is 1.88 bits per heavy atom. The molecular weight excluding hydrogens is 417 g/mol. The quantitative estimate of drug-likeness (QED) is 0.361. The number of ether oxygens (including phenoxy) is 2. The van der Waals surface area contributed by atoms with Crippen LogP contribution in [0.5, 0.6) is 17.2 Å².